The number of nitrogens with one attached hydrogen (secondary N) is 1. The summed E-state index contributed by atoms with van der Waals surface area (Å²) in [5, 5.41) is 0. The first-order valence-corrected chi connectivity index (χ1v) is 7.63. The van der Waals surface area contributed by atoms with Crippen LogP contribution in [0.15, 0.2) is 23.1 Å². The minimum absolute atomic E-state index is 0.193. The van der Waals surface area contributed by atoms with Gasteiger partial charge in [-0.25, -0.2) is 13.1 Å². The molecule has 0 aliphatic heterocycles. The fourth-order valence-corrected chi connectivity index (χ4v) is 3.72. The highest BCUT2D eigenvalue weighted by atomic mass is 32.2. The van der Waals surface area contributed by atoms with Gasteiger partial charge < -0.3 is 5.73 Å². The predicted molar refractivity (Wildman–Crippen MR) is 74.9 cm³/mol. The van der Waals surface area contributed by atoms with Gasteiger partial charge in [-0.1, -0.05) is 26.0 Å². The van der Waals surface area contributed by atoms with Gasteiger partial charge in [0.15, 0.2) is 0 Å². The molecule has 0 bridgehead atoms. The molecule has 102 valence electrons. The molecule has 0 heterocycles. The molecule has 0 fully saturated rings. The van der Waals surface area contributed by atoms with E-state index in [1.165, 1.54) is 0 Å². The number of benzene rings is 1. The van der Waals surface area contributed by atoms with E-state index in [1.807, 2.05) is 20.8 Å². The molecule has 0 saturated heterocycles. The lowest BCUT2D eigenvalue weighted by atomic mass is 9.98. The molecule has 0 spiro atoms. The summed E-state index contributed by atoms with van der Waals surface area (Å²) in [6, 6.07) is 5.11. The van der Waals surface area contributed by atoms with Crippen molar-refractivity contribution in [2.75, 3.05) is 5.73 Å². The Morgan fingerprint density at radius 1 is 1.28 bits per heavy atom. The van der Waals surface area contributed by atoms with Crippen LogP contribution in [-0.2, 0) is 10.0 Å². The van der Waals surface area contributed by atoms with E-state index >= 15 is 0 Å². The van der Waals surface area contributed by atoms with Crippen molar-refractivity contribution in [1.29, 1.82) is 0 Å². The SMILES string of the molecule is CCC(C)(CC)NS(=O)(=O)c1c(C)cccc1N. The van der Waals surface area contributed by atoms with E-state index in [0.717, 1.165) is 12.8 Å². The zero-order chi connectivity index (χ0) is 14.0. The lowest BCUT2D eigenvalue weighted by molar-refractivity contribution is 0.388. The van der Waals surface area contributed by atoms with Crippen LogP contribution >= 0.6 is 0 Å². The molecule has 0 saturated carbocycles. The van der Waals surface area contributed by atoms with Crippen LogP contribution in [-0.4, -0.2) is 14.0 Å². The van der Waals surface area contributed by atoms with Crippen LogP contribution in [0.3, 0.4) is 0 Å². The number of sulfonamides is 1. The summed E-state index contributed by atoms with van der Waals surface area (Å²) >= 11 is 0. The molecular weight excluding hydrogens is 248 g/mol. The van der Waals surface area contributed by atoms with Crippen molar-refractivity contribution in [2.24, 2.45) is 0 Å². The topological polar surface area (TPSA) is 72.2 Å². The summed E-state index contributed by atoms with van der Waals surface area (Å²) in [6.45, 7) is 7.58. The molecule has 4 nitrogen and oxygen atoms in total. The van der Waals surface area contributed by atoms with E-state index in [0.29, 0.717) is 5.56 Å². The number of anilines is 1. The van der Waals surface area contributed by atoms with Gasteiger partial charge in [0, 0.05) is 5.54 Å². The highest BCUT2D eigenvalue weighted by Gasteiger charge is 2.29. The largest absolute Gasteiger partial charge is 0.398 e. The third kappa shape index (κ3) is 3.03. The van der Waals surface area contributed by atoms with Crippen molar-refractivity contribution >= 4 is 15.7 Å². The number of rotatable bonds is 5. The summed E-state index contributed by atoms with van der Waals surface area (Å²) in [6.07, 6.45) is 1.46. The molecule has 1 aromatic carbocycles. The molecule has 0 aliphatic rings. The van der Waals surface area contributed by atoms with Gasteiger partial charge in [-0.05, 0) is 38.3 Å². The van der Waals surface area contributed by atoms with E-state index < -0.39 is 15.6 Å². The lowest BCUT2D eigenvalue weighted by Gasteiger charge is -2.28. The van der Waals surface area contributed by atoms with Crippen molar-refractivity contribution < 1.29 is 8.42 Å². The van der Waals surface area contributed by atoms with Crippen LogP contribution in [0.25, 0.3) is 0 Å². The molecule has 0 radical (unpaired) electrons. The first-order chi connectivity index (χ1) is 8.25. The Labute approximate surface area is 110 Å². The number of nitrogen functional groups attached to an aromatic ring is 1. The maximum Gasteiger partial charge on any atom is 0.243 e. The fraction of sp³-hybridized carbons (Fsp3) is 0.538. The molecule has 3 N–H and O–H groups in total. The van der Waals surface area contributed by atoms with Gasteiger partial charge in [0.2, 0.25) is 10.0 Å². The second-order valence-electron chi connectivity index (χ2n) is 4.87. The van der Waals surface area contributed by atoms with Crippen molar-refractivity contribution in [2.45, 2.75) is 51.0 Å². The normalized spacial score (nSPS) is 12.7. The Bertz CT molecular complexity index is 500. The Morgan fingerprint density at radius 3 is 2.28 bits per heavy atom. The average Bonchev–Trinajstić information content (AvgIpc) is 2.27. The van der Waals surface area contributed by atoms with Gasteiger partial charge in [-0.15, -0.1) is 0 Å². The molecule has 0 atom stereocenters. The number of nitrogens with two attached hydrogens (primary N) is 1. The van der Waals surface area contributed by atoms with Gasteiger partial charge in [0.1, 0.15) is 4.90 Å². The van der Waals surface area contributed by atoms with Crippen LogP contribution in [0.2, 0.25) is 0 Å². The average molecular weight is 270 g/mol. The van der Waals surface area contributed by atoms with Gasteiger partial charge in [0.05, 0.1) is 5.69 Å². The number of aryl methyl sites for hydroxylation is 1. The quantitative estimate of drug-likeness (QED) is 0.807. The van der Waals surface area contributed by atoms with E-state index in [9.17, 15) is 8.42 Å². The number of hydrogen-bond donors (Lipinski definition) is 2. The highest BCUT2D eigenvalue weighted by molar-refractivity contribution is 7.89. The van der Waals surface area contributed by atoms with E-state index in [4.69, 9.17) is 5.73 Å². The summed E-state index contributed by atoms with van der Waals surface area (Å²) in [5.74, 6) is 0. The summed E-state index contributed by atoms with van der Waals surface area (Å²) in [7, 11) is -3.58. The minimum atomic E-state index is -3.58. The van der Waals surface area contributed by atoms with Gasteiger partial charge in [-0.3, -0.25) is 0 Å². The standard InChI is InChI=1S/C13H22N2O2S/c1-5-13(4,6-2)15-18(16,17)12-10(3)8-7-9-11(12)14/h7-9,15H,5-6,14H2,1-4H3. The fourth-order valence-electron chi connectivity index (χ4n) is 1.81. The minimum Gasteiger partial charge on any atom is -0.398 e. The van der Waals surface area contributed by atoms with Crippen molar-refractivity contribution in [3.05, 3.63) is 23.8 Å². The van der Waals surface area contributed by atoms with Crippen LogP contribution in [0.5, 0.6) is 0 Å². The Morgan fingerprint density at radius 2 is 1.83 bits per heavy atom. The maximum atomic E-state index is 12.4. The monoisotopic (exact) mass is 270 g/mol. The lowest BCUT2D eigenvalue weighted by Crippen LogP contribution is -2.45. The van der Waals surface area contributed by atoms with Gasteiger partial charge >= 0.3 is 0 Å². The molecular formula is C13H22N2O2S. The van der Waals surface area contributed by atoms with Crippen LogP contribution in [0.1, 0.15) is 39.2 Å². The van der Waals surface area contributed by atoms with Crippen molar-refractivity contribution in [1.82, 2.24) is 4.72 Å². The zero-order valence-electron chi connectivity index (χ0n) is 11.4. The Hall–Kier alpha value is -1.07. The molecule has 0 aromatic heterocycles. The molecule has 1 rings (SSSR count). The summed E-state index contributed by atoms with van der Waals surface area (Å²) < 4.78 is 27.6. The van der Waals surface area contributed by atoms with E-state index in [2.05, 4.69) is 4.72 Å². The maximum absolute atomic E-state index is 12.4. The molecule has 0 unspecified atom stereocenters. The zero-order valence-corrected chi connectivity index (χ0v) is 12.3. The van der Waals surface area contributed by atoms with E-state index in [1.54, 1.807) is 25.1 Å². The smallest absolute Gasteiger partial charge is 0.243 e. The molecule has 5 heteroatoms. The van der Waals surface area contributed by atoms with Gasteiger partial charge in [0.25, 0.3) is 0 Å². The first-order valence-electron chi connectivity index (χ1n) is 6.15. The number of hydrogen-bond acceptors (Lipinski definition) is 3. The van der Waals surface area contributed by atoms with Crippen molar-refractivity contribution in [3.63, 3.8) is 0 Å². The molecule has 18 heavy (non-hydrogen) atoms. The molecule has 0 amide bonds. The third-order valence-electron chi connectivity index (χ3n) is 3.45. The van der Waals surface area contributed by atoms with Crippen LogP contribution in [0.4, 0.5) is 5.69 Å². The molecule has 1 aromatic rings. The first kappa shape index (κ1) is 15.0. The summed E-state index contributed by atoms with van der Waals surface area (Å²) in [5.41, 5.74) is 6.31. The second kappa shape index (κ2) is 5.28. The summed E-state index contributed by atoms with van der Waals surface area (Å²) in [4.78, 5) is 0.193. The van der Waals surface area contributed by atoms with Gasteiger partial charge in [-0.2, -0.15) is 0 Å². The van der Waals surface area contributed by atoms with Crippen molar-refractivity contribution in [3.8, 4) is 0 Å². The third-order valence-corrected chi connectivity index (χ3v) is 5.31. The Balaban J connectivity index is 3.23. The second-order valence-corrected chi connectivity index (χ2v) is 6.49. The van der Waals surface area contributed by atoms with E-state index in [-0.39, 0.29) is 10.6 Å². The van der Waals surface area contributed by atoms with Crippen LogP contribution in [0, 0.1) is 6.92 Å². The predicted octanol–water partition coefficient (Wildman–Crippen LogP) is 2.43. The highest BCUT2D eigenvalue weighted by Crippen LogP contribution is 2.25. The Kier molecular flexibility index (Phi) is 4.40. The molecule has 0 aliphatic carbocycles. The van der Waals surface area contributed by atoms with Crippen LogP contribution < -0.4 is 10.5 Å².